The highest BCUT2D eigenvalue weighted by Crippen LogP contribution is 2.33. The lowest BCUT2D eigenvalue weighted by molar-refractivity contribution is -0.140. The summed E-state index contributed by atoms with van der Waals surface area (Å²) < 4.78 is 35.0. The number of para-hydroxylation sites is 2. The van der Waals surface area contributed by atoms with E-state index in [1.54, 1.807) is 60.7 Å². The minimum absolute atomic E-state index is 0.00578. The van der Waals surface area contributed by atoms with Crippen LogP contribution in [-0.2, 0) is 32.6 Å². The molecule has 0 saturated heterocycles. The highest BCUT2D eigenvalue weighted by molar-refractivity contribution is 7.92. The van der Waals surface area contributed by atoms with Gasteiger partial charge in [-0.3, -0.25) is 13.9 Å². The van der Waals surface area contributed by atoms with E-state index in [-0.39, 0.29) is 41.2 Å². The minimum Gasteiger partial charge on any atom is -0.495 e. The van der Waals surface area contributed by atoms with Crippen LogP contribution in [0.15, 0.2) is 108 Å². The number of benzene rings is 4. The monoisotopic (exact) mass is 693 g/mol. The molecule has 0 bridgehead atoms. The van der Waals surface area contributed by atoms with Crippen LogP contribution in [0.2, 0.25) is 10.0 Å². The number of carbonyl (C=O) groups is 2. The normalized spacial score (nSPS) is 13.9. The SMILES string of the molecule is COc1ccccc1N(CC(=O)N(Cc1ccc(Cl)c(Cl)c1)[C@H](Cc1ccccc1)C(=O)NC1CCCC1)S(=O)(=O)c1ccccc1. The molecule has 0 heterocycles. The molecule has 1 fully saturated rings. The van der Waals surface area contributed by atoms with Crippen LogP contribution in [0.25, 0.3) is 0 Å². The van der Waals surface area contributed by atoms with E-state index in [0.717, 1.165) is 35.6 Å². The third kappa shape index (κ3) is 8.46. The molecular formula is C36H37Cl2N3O5S. The smallest absolute Gasteiger partial charge is 0.264 e. The van der Waals surface area contributed by atoms with E-state index in [1.165, 1.54) is 24.1 Å². The number of rotatable bonds is 13. The third-order valence-corrected chi connectivity index (χ3v) is 10.8. The average molecular weight is 695 g/mol. The van der Waals surface area contributed by atoms with Gasteiger partial charge in [0.05, 0.1) is 27.7 Å². The largest absolute Gasteiger partial charge is 0.495 e. The van der Waals surface area contributed by atoms with E-state index in [2.05, 4.69) is 5.32 Å². The zero-order valence-corrected chi connectivity index (χ0v) is 28.3. The molecule has 0 radical (unpaired) electrons. The Bertz CT molecular complexity index is 1790. The zero-order chi connectivity index (χ0) is 33.4. The molecule has 8 nitrogen and oxygen atoms in total. The van der Waals surface area contributed by atoms with Gasteiger partial charge in [0.15, 0.2) is 0 Å². The van der Waals surface area contributed by atoms with Gasteiger partial charge < -0.3 is 15.0 Å². The van der Waals surface area contributed by atoms with Gasteiger partial charge in [-0.15, -0.1) is 0 Å². The van der Waals surface area contributed by atoms with Crippen molar-refractivity contribution in [3.63, 3.8) is 0 Å². The molecule has 11 heteroatoms. The Morgan fingerprint density at radius 2 is 1.49 bits per heavy atom. The number of amides is 2. The number of sulfonamides is 1. The van der Waals surface area contributed by atoms with Crippen LogP contribution in [0.5, 0.6) is 5.75 Å². The second-order valence-electron chi connectivity index (χ2n) is 11.5. The van der Waals surface area contributed by atoms with Crippen molar-refractivity contribution in [2.24, 2.45) is 0 Å². The number of halogens is 2. The predicted molar refractivity (Wildman–Crippen MR) is 185 cm³/mol. The van der Waals surface area contributed by atoms with Crippen LogP contribution < -0.4 is 14.4 Å². The van der Waals surface area contributed by atoms with Crippen molar-refractivity contribution in [3.8, 4) is 5.75 Å². The topological polar surface area (TPSA) is 96.0 Å². The predicted octanol–water partition coefficient (Wildman–Crippen LogP) is 6.90. The molecular weight excluding hydrogens is 657 g/mol. The Balaban J connectivity index is 1.59. The van der Waals surface area contributed by atoms with E-state index in [0.29, 0.717) is 15.6 Å². The van der Waals surface area contributed by atoms with E-state index in [4.69, 9.17) is 27.9 Å². The van der Waals surface area contributed by atoms with Crippen LogP contribution in [0.3, 0.4) is 0 Å². The number of hydrogen-bond acceptors (Lipinski definition) is 5. The minimum atomic E-state index is -4.26. The highest BCUT2D eigenvalue weighted by Gasteiger charge is 2.36. The first-order valence-electron chi connectivity index (χ1n) is 15.5. The van der Waals surface area contributed by atoms with Gasteiger partial charge in [-0.1, -0.05) is 103 Å². The van der Waals surface area contributed by atoms with Crippen LogP contribution >= 0.6 is 23.2 Å². The van der Waals surface area contributed by atoms with Gasteiger partial charge in [0, 0.05) is 19.0 Å². The van der Waals surface area contributed by atoms with Crippen LogP contribution in [-0.4, -0.2) is 50.9 Å². The Labute approximate surface area is 286 Å². The molecule has 0 aliphatic heterocycles. The second-order valence-corrected chi connectivity index (χ2v) is 14.1. The lowest BCUT2D eigenvalue weighted by atomic mass is 10.0. The van der Waals surface area contributed by atoms with Crippen molar-refractivity contribution in [1.29, 1.82) is 0 Å². The quantitative estimate of drug-likeness (QED) is 0.164. The first-order valence-corrected chi connectivity index (χ1v) is 17.7. The van der Waals surface area contributed by atoms with Crippen molar-refractivity contribution in [3.05, 3.63) is 124 Å². The molecule has 0 aromatic heterocycles. The zero-order valence-electron chi connectivity index (χ0n) is 26.0. The van der Waals surface area contributed by atoms with Crippen molar-refractivity contribution in [2.75, 3.05) is 18.0 Å². The molecule has 0 spiro atoms. The molecule has 1 saturated carbocycles. The second kappa shape index (κ2) is 15.7. The summed E-state index contributed by atoms with van der Waals surface area (Å²) in [4.78, 5) is 30.3. The van der Waals surface area contributed by atoms with Crippen molar-refractivity contribution in [2.45, 2.75) is 55.6 Å². The number of nitrogens with one attached hydrogen (secondary N) is 1. The first-order chi connectivity index (χ1) is 22.7. The average Bonchev–Trinajstić information content (AvgIpc) is 3.60. The summed E-state index contributed by atoms with van der Waals surface area (Å²) in [5.41, 5.74) is 1.68. The maximum absolute atomic E-state index is 14.7. The van der Waals surface area contributed by atoms with Gasteiger partial charge in [0.2, 0.25) is 11.8 Å². The van der Waals surface area contributed by atoms with Gasteiger partial charge in [0.1, 0.15) is 18.3 Å². The maximum Gasteiger partial charge on any atom is 0.264 e. The van der Waals surface area contributed by atoms with E-state index < -0.39 is 28.5 Å². The number of anilines is 1. The fourth-order valence-electron chi connectivity index (χ4n) is 5.82. The first kappa shape index (κ1) is 34.3. The summed E-state index contributed by atoms with van der Waals surface area (Å²) in [7, 11) is -2.82. The summed E-state index contributed by atoms with van der Waals surface area (Å²) in [6.45, 7) is -0.614. The fraction of sp³-hybridized carbons (Fsp3) is 0.278. The number of hydrogen-bond donors (Lipinski definition) is 1. The Hall–Kier alpha value is -4.05. The Kier molecular flexibility index (Phi) is 11.4. The summed E-state index contributed by atoms with van der Waals surface area (Å²) in [6, 6.07) is 28.0. The van der Waals surface area contributed by atoms with Crippen LogP contribution in [0.1, 0.15) is 36.8 Å². The van der Waals surface area contributed by atoms with E-state index in [9.17, 15) is 18.0 Å². The molecule has 1 aliphatic carbocycles. The number of carbonyl (C=O) groups excluding carboxylic acids is 2. The molecule has 0 unspecified atom stereocenters. The third-order valence-electron chi connectivity index (χ3n) is 8.27. The Morgan fingerprint density at radius 3 is 2.15 bits per heavy atom. The molecule has 1 atom stereocenters. The van der Waals surface area contributed by atoms with Crippen molar-refractivity contribution >= 4 is 50.7 Å². The molecule has 2 amide bonds. The van der Waals surface area contributed by atoms with Gasteiger partial charge in [0.25, 0.3) is 10.0 Å². The van der Waals surface area contributed by atoms with E-state index in [1.807, 2.05) is 30.3 Å². The number of methoxy groups -OCH3 is 1. The van der Waals surface area contributed by atoms with Crippen molar-refractivity contribution < 1.29 is 22.7 Å². The number of ether oxygens (including phenoxy) is 1. The molecule has 4 aromatic rings. The molecule has 4 aromatic carbocycles. The van der Waals surface area contributed by atoms with Crippen LogP contribution in [0.4, 0.5) is 5.69 Å². The lowest BCUT2D eigenvalue weighted by Crippen LogP contribution is -2.54. The highest BCUT2D eigenvalue weighted by atomic mass is 35.5. The van der Waals surface area contributed by atoms with Gasteiger partial charge in [-0.05, 0) is 60.4 Å². The number of nitrogens with zero attached hydrogens (tertiary/aromatic N) is 2. The summed E-state index contributed by atoms with van der Waals surface area (Å²) in [5, 5.41) is 3.82. The lowest BCUT2D eigenvalue weighted by Gasteiger charge is -2.34. The fourth-order valence-corrected chi connectivity index (χ4v) is 7.59. The molecule has 246 valence electrons. The van der Waals surface area contributed by atoms with E-state index >= 15 is 0 Å². The standard InChI is InChI=1S/C36H37Cl2N3O5S/c1-46-34-19-11-10-18-32(34)41(47(44,45)29-16-6-3-7-17-29)25-35(42)40(24-27-20-21-30(37)31(38)22-27)33(23-26-12-4-2-5-13-26)36(43)39-28-14-8-9-15-28/h2-7,10-13,16-22,28,33H,8-9,14-15,23-25H2,1H3,(H,39,43)/t33-/m1/s1. The summed E-state index contributed by atoms with van der Waals surface area (Å²) in [5.74, 6) is -0.608. The molecule has 5 rings (SSSR count). The Morgan fingerprint density at radius 1 is 0.851 bits per heavy atom. The van der Waals surface area contributed by atoms with Crippen molar-refractivity contribution in [1.82, 2.24) is 10.2 Å². The summed E-state index contributed by atoms with van der Waals surface area (Å²) >= 11 is 12.6. The molecule has 47 heavy (non-hydrogen) atoms. The van der Waals surface area contributed by atoms with Gasteiger partial charge in [-0.2, -0.15) is 0 Å². The van der Waals surface area contributed by atoms with Gasteiger partial charge in [-0.25, -0.2) is 8.42 Å². The van der Waals surface area contributed by atoms with Crippen LogP contribution in [0, 0.1) is 0 Å². The van der Waals surface area contributed by atoms with Gasteiger partial charge >= 0.3 is 0 Å². The molecule has 1 aliphatic rings. The summed E-state index contributed by atoms with van der Waals surface area (Å²) in [6.07, 6.45) is 3.98. The maximum atomic E-state index is 14.7. The molecule has 1 N–H and O–H groups in total.